The molecule has 2 aromatic rings. The van der Waals surface area contributed by atoms with Crippen molar-refractivity contribution in [1.82, 2.24) is 0 Å². The van der Waals surface area contributed by atoms with Crippen molar-refractivity contribution in [3.63, 3.8) is 0 Å². The highest BCUT2D eigenvalue weighted by Gasteiger charge is 2.26. The average molecular weight is 457 g/mol. The van der Waals surface area contributed by atoms with Gasteiger partial charge in [0.05, 0.1) is 13.2 Å². The molecule has 0 fully saturated rings. The van der Waals surface area contributed by atoms with Gasteiger partial charge in [-0.3, -0.25) is 0 Å². The summed E-state index contributed by atoms with van der Waals surface area (Å²) in [6.07, 6.45) is 2.03. The fraction of sp³-hybridized carbons (Fsp3) is 0.481. The molecular weight excluding hydrogens is 420 g/mol. The van der Waals surface area contributed by atoms with E-state index in [1.54, 1.807) is 13.8 Å². The highest BCUT2D eigenvalue weighted by atomic mass is 16.7. The molecule has 0 aliphatic rings. The van der Waals surface area contributed by atoms with Gasteiger partial charge in [0, 0.05) is 5.41 Å². The predicted octanol–water partition coefficient (Wildman–Crippen LogP) is 6.99. The van der Waals surface area contributed by atoms with Crippen LogP contribution in [0.1, 0.15) is 76.6 Å². The van der Waals surface area contributed by atoms with Gasteiger partial charge >= 0.3 is 12.3 Å². The molecule has 33 heavy (non-hydrogen) atoms. The lowest BCUT2D eigenvalue weighted by molar-refractivity contribution is 0.103. The van der Waals surface area contributed by atoms with Gasteiger partial charge in [-0.05, 0) is 61.1 Å². The molecular formula is C27H36O6. The van der Waals surface area contributed by atoms with Crippen LogP contribution in [0.4, 0.5) is 9.59 Å². The second kappa shape index (κ2) is 12.3. The van der Waals surface area contributed by atoms with E-state index in [2.05, 4.69) is 39.8 Å². The minimum Gasteiger partial charge on any atom is -0.434 e. The Balaban J connectivity index is 2.40. The number of aryl methyl sites for hydroxylation is 2. The monoisotopic (exact) mass is 456 g/mol. The minimum absolute atomic E-state index is 0.267. The summed E-state index contributed by atoms with van der Waals surface area (Å²) in [4.78, 5) is 23.7. The highest BCUT2D eigenvalue weighted by Crippen LogP contribution is 2.37. The van der Waals surface area contributed by atoms with Crippen LogP contribution in [0.15, 0.2) is 36.4 Å². The Hall–Kier alpha value is -3.02. The van der Waals surface area contributed by atoms with Crippen molar-refractivity contribution in [3.8, 4) is 11.5 Å². The van der Waals surface area contributed by atoms with Crippen molar-refractivity contribution >= 4 is 12.3 Å². The first-order chi connectivity index (χ1) is 15.8. The standard InChI is InChI=1S/C27H36O6/c1-7-11-19-17-21(13-15-23(19)32-25(28)30-9-3)27(5,6)22-14-16-24(20(18-22)12-8-2)33-26(29)31-10-4/h13-18H,7-12H2,1-6H3. The third-order valence-electron chi connectivity index (χ3n) is 5.51. The molecule has 2 aromatic carbocycles. The van der Waals surface area contributed by atoms with E-state index in [1.165, 1.54) is 0 Å². The molecule has 0 unspecified atom stereocenters. The van der Waals surface area contributed by atoms with Crippen LogP contribution in [-0.4, -0.2) is 25.5 Å². The SMILES string of the molecule is CCCc1cc(C(C)(C)c2ccc(OC(=O)OCC)c(CCC)c2)ccc1OC(=O)OCC. The largest absolute Gasteiger partial charge is 0.513 e. The van der Waals surface area contributed by atoms with Crippen molar-refractivity contribution < 1.29 is 28.5 Å². The summed E-state index contributed by atoms with van der Waals surface area (Å²) < 4.78 is 20.7. The molecule has 0 saturated heterocycles. The zero-order valence-electron chi connectivity index (χ0n) is 20.7. The van der Waals surface area contributed by atoms with Crippen LogP contribution in [0.3, 0.4) is 0 Å². The van der Waals surface area contributed by atoms with Crippen LogP contribution in [-0.2, 0) is 27.7 Å². The smallest absolute Gasteiger partial charge is 0.434 e. The van der Waals surface area contributed by atoms with Crippen molar-refractivity contribution in [3.05, 3.63) is 58.7 Å². The van der Waals surface area contributed by atoms with Crippen LogP contribution < -0.4 is 9.47 Å². The van der Waals surface area contributed by atoms with Gasteiger partial charge in [-0.1, -0.05) is 64.8 Å². The zero-order valence-corrected chi connectivity index (χ0v) is 20.7. The summed E-state index contributed by atoms with van der Waals surface area (Å²) >= 11 is 0. The number of ether oxygens (including phenoxy) is 4. The second-order valence-corrected chi connectivity index (χ2v) is 8.34. The molecule has 0 spiro atoms. The molecule has 0 amide bonds. The summed E-state index contributed by atoms with van der Waals surface area (Å²) in [7, 11) is 0. The first-order valence-electron chi connectivity index (χ1n) is 11.7. The Morgan fingerprint density at radius 3 is 1.42 bits per heavy atom. The molecule has 0 saturated carbocycles. The van der Waals surface area contributed by atoms with Crippen molar-refractivity contribution in [2.24, 2.45) is 0 Å². The molecule has 0 aliphatic heterocycles. The normalized spacial score (nSPS) is 11.1. The maximum Gasteiger partial charge on any atom is 0.513 e. The Bertz CT molecular complexity index is 872. The molecule has 6 heteroatoms. The van der Waals surface area contributed by atoms with E-state index in [0.29, 0.717) is 11.5 Å². The summed E-state index contributed by atoms with van der Waals surface area (Å²) in [5.41, 5.74) is 3.81. The molecule has 0 atom stereocenters. The molecule has 2 rings (SSSR count). The maximum absolute atomic E-state index is 11.8. The van der Waals surface area contributed by atoms with Gasteiger partial charge in [-0.25, -0.2) is 9.59 Å². The number of carbonyl (C=O) groups excluding carboxylic acids is 2. The fourth-order valence-electron chi connectivity index (χ4n) is 3.71. The molecule has 0 N–H and O–H groups in total. The molecule has 0 aromatic heterocycles. The van der Waals surface area contributed by atoms with Crippen LogP contribution in [0.5, 0.6) is 11.5 Å². The molecule has 6 nitrogen and oxygen atoms in total. The second-order valence-electron chi connectivity index (χ2n) is 8.34. The first-order valence-corrected chi connectivity index (χ1v) is 11.7. The fourth-order valence-corrected chi connectivity index (χ4v) is 3.71. The predicted molar refractivity (Wildman–Crippen MR) is 128 cm³/mol. The van der Waals surface area contributed by atoms with Crippen LogP contribution in [0.25, 0.3) is 0 Å². The Kier molecular flexibility index (Phi) is 9.76. The van der Waals surface area contributed by atoms with E-state index in [4.69, 9.17) is 18.9 Å². The highest BCUT2D eigenvalue weighted by molar-refractivity contribution is 5.65. The van der Waals surface area contributed by atoms with Gasteiger partial charge in [0.15, 0.2) is 0 Å². The van der Waals surface area contributed by atoms with E-state index >= 15 is 0 Å². The quantitative estimate of drug-likeness (QED) is 0.283. The Morgan fingerprint density at radius 2 is 1.09 bits per heavy atom. The topological polar surface area (TPSA) is 71.1 Å². The van der Waals surface area contributed by atoms with Gasteiger partial charge in [0.1, 0.15) is 11.5 Å². The molecule has 0 aliphatic carbocycles. The van der Waals surface area contributed by atoms with Crippen LogP contribution in [0, 0.1) is 0 Å². The van der Waals surface area contributed by atoms with Crippen LogP contribution in [0.2, 0.25) is 0 Å². The number of carbonyl (C=O) groups is 2. The number of hydrogen-bond acceptors (Lipinski definition) is 6. The lowest BCUT2D eigenvalue weighted by Crippen LogP contribution is -2.20. The van der Waals surface area contributed by atoms with E-state index in [9.17, 15) is 9.59 Å². The lowest BCUT2D eigenvalue weighted by Gasteiger charge is -2.28. The third kappa shape index (κ3) is 6.98. The van der Waals surface area contributed by atoms with Crippen molar-refractivity contribution in [2.75, 3.05) is 13.2 Å². The van der Waals surface area contributed by atoms with Gasteiger partial charge in [0.2, 0.25) is 0 Å². The molecule has 180 valence electrons. The summed E-state index contributed by atoms with van der Waals surface area (Å²) in [5.74, 6) is 1.06. The summed E-state index contributed by atoms with van der Waals surface area (Å²) in [5, 5.41) is 0. The van der Waals surface area contributed by atoms with Gasteiger partial charge in [-0.15, -0.1) is 0 Å². The average Bonchev–Trinajstić information content (AvgIpc) is 2.76. The van der Waals surface area contributed by atoms with E-state index < -0.39 is 12.3 Å². The number of rotatable bonds is 10. The van der Waals surface area contributed by atoms with E-state index in [0.717, 1.165) is 47.9 Å². The Labute approximate surface area is 197 Å². The van der Waals surface area contributed by atoms with Gasteiger partial charge in [-0.2, -0.15) is 0 Å². The van der Waals surface area contributed by atoms with E-state index in [1.807, 2.05) is 24.3 Å². The minimum atomic E-state index is -0.691. The van der Waals surface area contributed by atoms with Gasteiger partial charge < -0.3 is 18.9 Å². The van der Waals surface area contributed by atoms with Crippen LogP contribution >= 0.6 is 0 Å². The molecule has 0 bridgehead atoms. The summed E-state index contributed by atoms with van der Waals surface area (Å²) in [6, 6.07) is 11.8. The lowest BCUT2D eigenvalue weighted by atomic mass is 9.76. The summed E-state index contributed by atoms with van der Waals surface area (Å²) in [6.45, 7) is 12.5. The molecule has 0 radical (unpaired) electrons. The van der Waals surface area contributed by atoms with Crippen molar-refractivity contribution in [1.29, 1.82) is 0 Å². The van der Waals surface area contributed by atoms with E-state index in [-0.39, 0.29) is 18.6 Å². The van der Waals surface area contributed by atoms with Gasteiger partial charge in [0.25, 0.3) is 0 Å². The third-order valence-corrected chi connectivity index (χ3v) is 5.51. The maximum atomic E-state index is 11.8. The zero-order chi connectivity index (χ0) is 24.4. The number of benzene rings is 2. The first kappa shape index (κ1) is 26.2. The Morgan fingerprint density at radius 1 is 0.697 bits per heavy atom. The van der Waals surface area contributed by atoms with Crippen molar-refractivity contribution in [2.45, 2.75) is 72.6 Å². The molecule has 0 heterocycles. The number of hydrogen-bond donors (Lipinski definition) is 0.